The van der Waals surface area contributed by atoms with Crippen LogP contribution < -0.4 is 21.2 Å². The van der Waals surface area contributed by atoms with Gasteiger partial charge in [0.15, 0.2) is 11.5 Å². The lowest BCUT2D eigenvalue weighted by molar-refractivity contribution is -0.179. The number of hydrogen-bond donors (Lipinski definition) is 3. The number of imide groups is 1. The number of carbonyl (C=O) groups is 3. The lowest BCUT2D eigenvalue weighted by Gasteiger charge is -2.52. The molecule has 3 N–H and O–H groups in total. The highest BCUT2D eigenvalue weighted by molar-refractivity contribution is 6.04. The van der Waals surface area contributed by atoms with Crippen LogP contribution in [0, 0.1) is 11.3 Å². The molecular weight excluding hydrogens is 856 g/mol. The van der Waals surface area contributed by atoms with Gasteiger partial charge in [-0.3, -0.25) is 33.7 Å². The number of imidazole rings is 1. The van der Waals surface area contributed by atoms with Gasteiger partial charge in [-0.25, -0.2) is 23.5 Å². The fourth-order valence-corrected chi connectivity index (χ4v) is 10.6. The number of aromatic nitrogens is 4. The van der Waals surface area contributed by atoms with Crippen molar-refractivity contribution in [3.8, 4) is 0 Å². The first-order valence-corrected chi connectivity index (χ1v) is 22.1. The highest BCUT2D eigenvalue weighted by Gasteiger charge is 2.57. The molecule has 1 saturated carbocycles. The van der Waals surface area contributed by atoms with Crippen molar-refractivity contribution in [3.63, 3.8) is 0 Å². The van der Waals surface area contributed by atoms with Gasteiger partial charge in [0.25, 0.3) is 11.8 Å². The van der Waals surface area contributed by atoms with E-state index < -0.39 is 52.4 Å². The van der Waals surface area contributed by atoms with Gasteiger partial charge in [0.05, 0.1) is 34.6 Å². The Morgan fingerprint density at radius 2 is 1.66 bits per heavy atom. The van der Waals surface area contributed by atoms with Crippen LogP contribution in [0.3, 0.4) is 0 Å². The Morgan fingerprint density at radius 3 is 2.34 bits per heavy atom. The number of alkyl halides is 5. The molecule has 0 radical (unpaired) electrons. The van der Waals surface area contributed by atoms with E-state index in [0.717, 1.165) is 49.6 Å². The van der Waals surface area contributed by atoms with E-state index in [1.807, 2.05) is 11.0 Å². The minimum Gasteiger partial charge on any atom is -0.440 e. The molecule has 3 amide bonds. The predicted octanol–water partition coefficient (Wildman–Crippen LogP) is 7.25. The molecule has 4 aliphatic rings. The number of amides is 3. The Morgan fingerprint density at radius 1 is 0.954 bits per heavy atom. The first kappa shape index (κ1) is 44.5. The number of oxazole rings is 1. The van der Waals surface area contributed by atoms with Crippen molar-refractivity contribution in [1.29, 1.82) is 0 Å². The van der Waals surface area contributed by atoms with E-state index in [4.69, 9.17) is 9.40 Å². The Labute approximate surface area is 370 Å². The first-order valence-electron chi connectivity index (χ1n) is 22.1. The molecule has 6 heterocycles. The van der Waals surface area contributed by atoms with Gasteiger partial charge in [0.2, 0.25) is 11.8 Å². The molecule has 2 aromatic carbocycles. The predicted molar refractivity (Wildman–Crippen MR) is 230 cm³/mol. The third-order valence-corrected chi connectivity index (χ3v) is 14.2. The van der Waals surface area contributed by atoms with Crippen LogP contribution >= 0.6 is 0 Å². The zero-order chi connectivity index (χ0) is 46.2. The van der Waals surface area contributed by atoms with Crippen LogP contribution in [0.4, 0.5) is 33.3 Å². The normalized spacial score (nSPS) is 23.0. The van der Waals surface area contributed by atoms with E-state index in [1.54, 1.807) is 25.2 Å². The molecule has 5 aromatic rings. The molecule has 9 rings (SSSR count). The summed E-state index contributed by atoms with van der Waals surface area (Å²) < 4.78 is 81.7. The second-order valence-corrected chi connectivity index (χ2v) is 18.8. The molecule has 65 heavy (non-hydrogen) atoms. The van der Waals surface area contributed by atoms with Crippen LogP contribution in [0.1, 0.15) is 111 Å². The van der Waals surface area contributed by atoms with Crippen LogP contribution in [-0.2, 0) is 28.4 Å². The zero-order valence-corrected chi connectivity index (χ0v) is 36.3. The van der Waals surface area contributed by atoms with Gasteiger partial charge in [-0.05, 0) is 108 Å². The van der Waals surface area contributed by atoms with E-state index in [1.165, 1.54) is 29.0 Å². The number of halogens is 5. The van der Waals surface area contributed by atoms with E-state index in [-0.39, 0.29) is 54.1 Å². The maximum absolute atomic E-state index is 16.4. The number of anilines is 2. The highest BCUT2D eigenvalue weighted by Crippen LogP contribution is 2.52. The van der Waals surface area contributed by atoms with E-state index >= 15 is 8.78 Å². The summed E-state index contributed by atoms with van der Waals surface area (Å²) in [6, 6.07) is 10.7. The van der Waals surface area contributed by atoms with Crippen LogP contribution in [0.5, 0.6) is 0 Å². The van der Waals surface area contributed by atoms with Crippen LogP contribution in [-0.4, -0.2) is 85.5 Å². The quantitative estimate of drug-likeness (QED) is 0.107. The van der Waals surface area contributed by atoms with Crippen molar-refractivity contribution >= 4 is 51.2 Å². The summed E-state index contributed by atoms with van der Waals surface area (Å²) >= 11 is 0. The number of nitrogens with zero attached hydrogens (tertiary/aromatic N) is 6. The standard InChI is InChI=1S/C46H51F5N8O6/c1-43(2,64)28-22-31-35(23-30(28)53-39(61)29-6-4-9-36(52-29)46(49,50)51)65-41(54-31)27-12-10-26(11-13-27)24-57-19-16-44(45(47,48)25-57)17-20-58(21-18-44)32-7-5-8-33-38(32)56(3)42(63)59(33)34-14-15-37(60)55-40(34)62/h4-9,22-23,26-27,34,64H,10-21,24-25H2,1-3H3,(H,53,61)(H,55,60,62). The van der Waals surface area contributed by atoms with Gasteiger partial charge in [-0.15, -0.1) is 0 Å². The number of pyridine rings is 1. The van der Waals surface area contributed by atoms with Gasteiger partial charge in [0.1, 0.15) is 22.9 Å². The summed E-state index contributed by atoms with van der Waals surface area (Å²) in [7, 11) is 1.64. The van der Waals surface area contributed by atoms with E-state index in [2.05, 4.69) is 20.5 Å². The summed E-state index contributed by atoms with van der Waals surface area (Å²) in [6.45, 7) is 4.60. The number of piperidine rings is 3. The number of likely N-dealkylation sites (tertiary alicyclic amines) is 1. The molecule has 1 unspecified atom stereocenters. The van der Waals surface area contributed by atoms with Gasteiger partial charge in [-0.1, -0.05) is 12.1 Å². The van der Waals surface area contributed by atoms with Gasteiger partial charge in [0, 0.05) is 56.1 Å². The van der Waals surface area contributed by atoms with Crippen molar-refractivity contribution in [2.45, 2.75) is 101 Å². The number of aliphatic hydroxyl groups is 1. The average Bonchev–Trinajstić information content (AvgIpc) is 3.79. The smallest absolute Gasteiger partial charge is 0.433 e. The molecule has 1 atom stereocenters. The number of para-hydroxylation sites is 1. The van der Waals surface area contributed by atoms with Gasteiger partial charge in [-0.2, -0.15) is 13.2 Å². The van der Waals surface area contributed by atoms with Crippen molar-refractivity contribution < 1.29 is 45.9 Å². The van der Waals surface area contributed by atoms with Crippen LogP contribution in [0.2, 0.25) is 0 Å². The number of aryl methyl sites for hydroxylation is 1. The molecule has 4 fully saturated rings. The van der Waals surface area contributed by atoms with Crippen molar-refractivity contribution in [1.82, 2.24) is 29.3 Å². The van der Waals surface area contributed by atoms with E-state index in [0.29, 0.717) is 73.5 Å². The second-order valence-electron chi connectivity index (χ2n) is 18.8. The highest BCUT2D eigenvalue weighted by atomic mass is 19.4. The maximum Gasteiger partial charge on any atom is 0.433 e. The van der Waals surface area contributed by atoms with Crippen molar-refractivity contribution in [2.75, 3.05) is 42.9 Å². The lowest BCUT2D eigenvalue weighted by atomic mass is 9.68. The minimum atomic E-state index is -4.74. The Bertz CT molecular complexity index is 2740. The number of hydrogen-bond acceptors (Lipinski definition) is 10. The third kappa shape index (κ3) is 8.29. The monoisotopic (exact) mass is 906 g/mol. The molecule has 1 spiro atoms. The second kappa shape index (κ2) is 16.3. The van der Waals surface area contributed by atoms with Gasteiger partial charge >= 0.3 is 11.9 Å². The fraction of sp³-hybridized carbons (Fsp3) is 0.522. The molecule has 19 heteroatoms. The summed E-state index contributed by atoms with van der Waals surface area (Å²) in [6.07, 6.45) is -0.435. The van der Waals surface area contributed by atoms with Gasteiger partial charge < -0.3 is 19.7 Å². The Balaban J connectivity index is 0.818. The average molecular weight is 907 g/mol. The SMILES string of the molecule is Cn1c(=O)n(C2CCC(=O)NC2=O)c2cccc(N3CCC4(CCN(CC5CCC(c6nc7cc(C(C)(C)O)c(NC(=O)c8cccc(C(F)(F)F)n8)cc7o6)CC5)CC4(F)F)CC3)c21. The third-order valence-electron chi connectivity index (χ3n) is 14.2. The summed E-state index contributed by atoms with van der Waals surface area (Å²) in [5.41, 5.74) is -1.54. The Kier molecular flexibility index (Phi) is 11.2. The molecule has 0 bridgehead atoms. The molecule has 14 nitrogen and oxygen atoms in total. The maximum atomic E-state index is 16.4. The number of rotatable bonds is 8. The topological polar surface area (TPSA) is 168 Å². The number of nitrogens with one attached hydrogen (secondary N) is 2. The van der Waals surface area contributed by atoms with E-state index in [9.17, 15) is 37.5 Å². The van der Waals surface area contributed by atoms with Crippen molar-refractivity contribution in [3.05, 3.63) is 81.9 Å². The van der Waals surface area contributed by atoms with Crippen molar-refractivity contribution in [2.24, 2.45) is 18.4 Å². The lowest BCUT2D eigenvalue weighted by Crippen LogP contribution is -2.59. The van der Waals surface area contributed by atoms with Crippen LogP contribution in [0.25, 0.3) is 22.1 Å². The first-order chi connectivity index (χ1) is 30.7. The molecule has 3 aromatic heterocycles. The molecule has 346 valence electrons. The summed E-state index contributed by atoms with van der Waals surface area (Å²) in [5, 5.41) is 15.9. The number of fused-ring (bicyclic) bond motifs is 2. The number of benzene rings is 2. The summed E-state index contributed by atoms with van der Waals surface area (Å²) in [5.74, 6) is -4.06. The Hall–Kier alpha value is -5.69. The van der Waals surface area contributed by atoms with Crippen LogP contribution in [0.15, 0.2) is 57.7 Å². The minimum absolute atomic E-state index is 0.0444. The molecule has 3 saturated heterocycles. The molecular formula is C46H51F5N8O6. The largest absolute Gasteiger partial charge is 0.440 e. The molecule has 1 aliphatic carbocycles. The fourth-order valence-electron chi connectivity index (χ4n) is 10.6. The zero-order valence-electron chi connectivity index (χ0n) is 36.3. The number of carbonyl (C=O) groups excluding carboxylic acids is 3. The summed E-state index contributed by atoms with van der Waals surface area (Å²) in [4.78, 5) is 63.3. The molecule has 3 aliphatic heterocycles.